The van der Waals surface area contributed by atoms with E-state index >= 15 is 0 Å². The highest BCUT2D eigenvalue weighted by molar-refractivity contribution is 5.95. The van der Waals surface area contributed by atoms with Gasteiger partial charge in [0.05, 0.1) is 24.8 Å². The van der Waals surface area contributed by atoms with Crippen LogP contribution in [-0.2, 0) is 11.3 Å². The van der Waals surface area contributed by atoms with E-state index in [9.17, 15) is 27.9 Å². The number of benzene rings is 2. The Morgan fingerprint density at radius 2 is 2.03 bits per heavy atom. The first-order valence-corrected chi connectivity index (χ1v) is 8.46. The highest BCUT2D eigenvalue weighted by Crippen LogP contribution is 2.28. The van der Waals surface area contributed by atoms with Crippen molar-refractivity contribution in [3.63, 3.8) is 0 Å². The van der Waals surface area contributed by atoms with Gasteiger partial charge in [-0.05, 0) is 18.2 Å². The number of anilines is 1. The van der Waals surface area contributed by atoms with Crippen molar-refractivity contribution in [2.24, 2.45) is 0 Å². The number of rotatable bonds is 5. The summed E-state index contributed by atoms with van der Waals surface area (Å²) >= 11 is 0. The molecule has 2 aromatic carbocycles. The average Bonchev–Trinajstić information content (AvgIpc) is 2.67. The fraction of sp³-hybridized carbons (Fsp3) is 0.211. The van der Waals surface area contributed by atoms with Gasteiger partial charge in [0.15, 0.2) is 0 Å². The lowest BCUT2D eigenvalue weighted by Crippen LogP contribution is -2.46. The van der Waals surface area contributed by atoms with Crippen LogP contribution in [0.1, 0.15) is 22.7 Å². The van der Waals surface area contributed by atoms with Gasteiger partial charge >= 0.3 is 6.03 Å². The molecule has 1 atom stereocenters. The average molecular weight is 404 g/mol. The van der Waals surface area contributed by atoms with Crippen LogP contribution in [0.25, 0.3) is 0 Å². The number of aliphatic hydroxyl groups is 1. The fourth-order valence-corrected chi connectivity index (χ4v) is 3.03. The van der Waals surface area contributed by atoms with Crippen molar-refractivity contribution < 1.29 is 27.9 Å². The zero-order valence-corrected chi connectivity index (χ0v) is 14.9. The van der Waals surface area contributed by atoms with Crippen molar-refractivity contribution in [2.45, 2.75) is 12.6 Å². The van der Waals surface area contributed by atoms with E-state index in [4.69, 9.17) is 5.26 Å². The molecular weight excluding hydrogens is 389 g/mol. The molecule has 2 aromatic rings. The third-order valence-corrected chi connectivity index (χ3v) is 4.44. The number of halogens is 3. The van der Waals surface area contributed by atoms with Crippen LogP contribution in [0.3, 0.4) is 0 Å². The molecule has 10 heteroatoms. The molecule has 0 unspecified atom stereocenters. The predicted octanol–water partition coefficient (Wildman–Crippen LogP) is 2.17. The molecule has 0 saturated carbocycles. The molecule has 3 amide bonds. The molecule has 0 aromatic heterocycles. The van der Waals surface area contributed by atoms with E-state index < -0.39 is 48.6 Å². The Kier molecular flexibility index (Phi) is 5.70. The number of carbonyl (C=O) groups is 2. The topological polar surface area (TPSA) is 105 Å². The maximum Gasteiger partial charge on any atom is 0.322 e. The van der Waals surface area contributed by atoms with Crippen molar-refractivity contribution in [3.05, 3.63) is 64.5 Å². The zero-order valence-electron chi connectivity index (χ0n) is 14.9. The Hall–Kier alpha value is -3.58. The van der Waals surface area contributed by atoms with Crippen LogP contribution in [0.2, 0.25) is 0 Å². The third kappa shape index (κ3) is 4.14. The summed E-state index contributed by atoms with van der Waals surface area (Å²) < 4.78 is 40.8. The van der Waals surface area contributed by atoms with Crippen molar-refractivity contribution in [1.82, 2.24) is 10.2 Å². The fourth-order valence-electron chi connectivity index (χ4n) is 3.03. The first kappa shape index (κ1) is 20.2. The molecule has 1 aliphatic rings. The van der Waals surface area contributed by atoms with Gasteiger partial charge in [0.1, 0.15) is 30.1 Å². The number of hydrogen-bond acceptors (Lipinski definition) is 4. The van der Waals surface area contributed by atoms with Gasteiger partial charge in [-0.3, -0.25) is 4.79 Å². The predicted molar refractivity (Wildman–Crippen MR) is 94.9 cm³/mol. The molecule has 7 nitrogen and oxygen atoms in total. The van der Waals surface area contributed by atoms with E-state index in [2.05, 4.69) is 10.6 Å². The van der Waals surface area contributed by atoms with Crippen molar-refractivity contribution in [3.8, 4) is 6.07 Å². The number of nitrogens with zero attached hydrogens (tertiary/aromatic N) is 2. The summed E-state index contributed by atoms with van der Waals surface area (Å²) in [5.74, 6) is -3.23. The van der Waals surface area contributed by atoms with E-state index in [0.29, 0.717) is 6.07 Å². The van der Waals surface area contributed by atoms with E-state index in [-0.39, 0.29) is 28.9 Å². The van der Waals surface area contributed by atoms with E-state index in [1.54, 1.807) is 6.07 Å². The first-order chi connectivity index (χ1) is 13.8. The van der Waals surface area contributed by atoms with Crippen LogP contribution < -0.4 is 10.6 Å². The standard InChI is InChI=1S/C19H15F3N4O3/c20-10-1-2-11(15(22)5-10)17(9-27)24-18(28)8-26-7-13-12(6-23)14(21)3-4-16(13)25-19(26)29/h1-5,17,27H,7-9H2,(H,24,28)(H,25,29)/t17-/m0/s1. The van der Waals surface area contributed by atoms with Gasteiger partial charge in [-0.1, -0.05) is 6.07 Å². The second-order valence-electron chi connectivity index (χ2n) is 6.32. The minimum absolute atomic E-state index is 0.121. The molecule has 1 heterocycles. The number of urea groups is 1. The molecule has 0 fully saturated rings. The number of nitriles is 1. The number of carbonyl (C=O) groups excluding carboxylic acids is 2. The van der Waals surface area contributed by atoms with Gasteiger partial charge in [0.25, 0.3) is 0 Å². The maximum atomic E-state index is 13.9. The Balaban J connectivity index is 1.74. The summed E-state index contributed by atoms with van der Waals surface area (Å²) in [5.41, 5.74) is 0.133. The van der Waals surface area contributed by atoms with Crippen LogP contribution in [0.15, 0.2) is 30.3 Å². The highest BCUT2D eigenvalue weighted by atomic mass is 19.1. The second kappa shape index (κ2) is 8.20. The zero-order chi connectivity index (χ0) is 21.1. The van der Waals surface area contributed by atoms with Gasteiger partial charge < -0.3 is 20.6 Å². The Morgan fingerprint density at radius 3 is 2.69 bits per heavy atom. The molecular formula is C19H15F3N4O3. The normalized spacial score (nSPS) is 13.9. The first-order valence-electron chi connectivity index (χ1n) is 8.46. The van der Waals surface area contributed by atoms with Gasteiger partial charge in [-0.15, -0.1) is 0 Å². The van der Waals surface area contributed by atoms with Crippen molar-refractivity contribution >= 4 is 17.6 Å². The smallest absolute Gasteiger partial charge is 0.322 e. The van der Waals surface area contributed by atoms with Crippen molar-refractivity contribution in [1.29, 1.82) is 5.26 Å². The summed E-state index contributed by atoms with van der Waals surface area (Å²) in [6.45, 7) is -1.34. The second-order valence-corrected chi connectivity index (χ2v) is 6.32. The quantitative estimate of drug-likeness (QED) is 0.710. The Labute approximate surface area is 163 Å². The maximum absolute atomic E-state index is 13.9. The molecule has 1 aliphatic heterocycles. The summed E-state index contributed by atoms with van der Waals surface area (Å²) in [6, 6.07) is 5.01. The largest absolute Gasteiger partial charge is 0.394 e. The molecule has 150 valence electrons. The summed E-state index contributed by atoms with van der Waals surface area (Å²) in [6.07, 6.45) is 0. The lowest BCUT2D eigenvalue weighted by Gasteiger charge is -2.30. The van der Waals surface area contributed by atoms with Crippen LogP contribution in [0.5, 0.6) is 0 Å². The Bertz CT molecular complexity index is 1020. The van der Waals surface area contributed by atoms with Gasteiger partial charge in [-0.25, -0.2) is 18.0 Å². The molecule has 0 saturated heterocycles. The van der Waals surface area contributed by atoms with Crippen LogP contribution in [0.4, 0.5) is 23.7 Å². The third-order valence-electron chi connectivity index (χ3n) is 4.44. The molecule has 29 heavy (non-hydrogen) atoms. The van der Waals surface area contributed by atoms with Gasteiger partial charge in [0.2, 0.25) is 5.91 Å². The van der Waals surface area contributed by atoms with Gasteiger partial charge in [-0.2, -0.15) is 5.26 Å². The summed E-state index contributed by atoms with van der Waals surface area (Å²) in [4.78, 5) is 25.6. The monoisotopic (exact) mass is 404 g/mol. The lowest BCUT2D eigenvalue weighted by molar-refractivity contribution is -0.122. The minimum atomic E-state index is -1.16. The van der Waals surface area contributed by atoms with Gasteiger partial charge in [0, 0.05) is 22.9 Å². The highest BCUT2D eigenvalue weighted by Gasteiger charge is 2.28. The number of nitrogens with one attached hydrogen (secondary N) is 2. The summed E-state index contributed by atoms with van der Waals surface area (Å²) in [7, 11) is 0. The number of aliphatic hydroxyl groups excluding tert-OH is 1. The number of amides is 3. The van der Waals surface area contributed by atoms with Crippen LogP contribution in [-0.4, -0.2) is 35.1 Å². The SMILES string of the molecule is N#Cc1c(F)ccc2c1CN(CC(=O)N[C@@H](CO)c1ccc(F)cc1F)C(=O)N2. The summed E-state index contributed by atoms with van der Waals surface area (Å²) in [5, 5.41) is 23.4. The minimum Gasteiger partial charge on any atom is -0.394 e. The van der Waals surface area contributed by atoms with E-state index in [1.807, 2.05) is 0 Å². The molecule has 3 rings (SSSR count). The number of fused-ring (bicyclic) bond motifs is 1. The van der Waals surface area contributed by atoms with Crippen molar-refractivity contribution in [2.75, 3.05) is 18.5 Å². The Morgan fingerprint density at radius 1 is 1.28 bits per heavy atom. The molecule has 0 bridgehead atoms. The molecule has 0 spiro atoms. The molecule has 3 N–H and O–H groups in total. The van der Waals surface area contributed by atoms with E-state index in [0.717, 1.165) is 23.1 Å². The number of hydrogen-bond donors (Lipinski definition) is 3. The molecule has 0 radical (unpaired) electrons. The van der Waals surface area contributed by atoms with Crippen LogP contribution >= 0.6 is 0 Å². The lowest BCUT2D eigenvalue weighted by atomic mass is 10.0. The van der Waals surface area contributed by atoms with Crippen LogP contribution in [0, 0.1) is 28.8 Å². The van der Waals surface area contributed by atoms with E-state index in [1.165, 1.54) is 6.07 Å². The molecule has 0 aliphatic carbocycles.